The van der Waals surface area contributed by atoms with Crippen molar-refractivity contribution in [2.45, 2.75) is 26.7 Å². The average molecular weight is 457 g/mol. The third-order valence-electron chi connectivity index (χ3n) is 5.56. The van der Waals surface area contributed by atoms with Gasteiger partial charge in [-0.25, -0.2) is 4.98 Å². The van der Waals surface area contributed by atoms with Crippen molar-refractivity contribution < 1.29 is 14.3 Å². The van der Waals surface area contributed by atoms with E-state index in [1.54, 1.807) is 23.6 Å². The van der Waals surface area contributed by atoms with Crippen molar-refractivity contribution in [1.82, 2.24) is 24.5 Å². The number of hydrogen-bond donors (Lipinski definition) is 0. The maximum absolute atomic E-state index is 12.9. The Kier molecular flexibility index (Phi) is 6.55. The molecule has 0 atom stereocenters. The van der Waals surface area contributed by atoms with E-state index in [1.165, 1.54) is 6.33 Å². The summed E-state index contributed by atoms with van der Waals surface area (Å²) in [4.78, 5) is 37.6. The number of halogens is 1. The Morgan fingerprint density at radius 3 is 2.62 bits per heavy atom. The van der Waals surface area contributed by atoms with E-state index in [0.29, 0.717) is 55.6 Å². The summed E-state index contributed by atoms with van der Waals surface area (Å²) in [6, 6.07) is 7.09. The zero-order chi connectivity index (χ0) is 22.7. The SMILES string of the molecule is CCOC(=O)CCc1c(C)nc2ncnn2c1N1CCN(C(=O)c2ccccc2Cl)CC1. The fourth-order valence-corrected chi connectivity index (χ4v) is 4.19. The molecule has 3 aromatic rings. The molecule has 0 spiro atoms. The summed E-state index contributed by atoms with van der Waals surface area (Å²) < 4.78 is 6.80. The smallest absolute Gasteiger partial charge is 0.306 e. The molecule has 1 aliphatic heterocycles. The average Bonchev–Trinajstić information content (AvgIpc) is 3.25. The van der Waals surface area contributed by atoms with Gasteiger partial charge in [0.15, 0.2) is 0 Å². The second-order valence-electron chi connectivity index (χ2n) is 7.54. The Hall–Kier alpha value is -3.20. The van der Waals surface area contributed by atoms with Crippen molar-refractivity contribution in [1.29, 1.82) is 0 Å². The topological polar surface area (TPSA) is 92.9 Å². The first-order valence-corrected chi connectivity index (χ1v) is 11.0. The third-order valence-corrected chi connectivity index (χ3v) is 5.89. The second kappa shape index (κ2) is 9.52. The molecule has 0 bridgehead atoms. The van der Waals surface area contributed by atoms with Crippen molar-refractivity contribution in [2.75, 3.05) is 37.7 Å². The van der Waals surface area contributed by atoms with Crippen LogP contribution in [0.25, 0.3) is 5.78 Å². The minimum Gasteiger partial charge on any atom is -0.466 e. The number of piperazine rings is 1. The molecule has 1 aromatic carbocycles. The van der Waals surface area contributed by atoms with E-state index in [0.717, 1.165) is 17.1 Å². The summed E-state index contributed by atoms with van der Waals surface area (Å²) >= 11 is 6.22. The number of anilines is 1. The van der Waals surface area contributed by atoms with Gasteiger partial charge in [0.05, 0.1) is 17.2 Å². The normalized spacial score (nSPS) is 14.1. The molecule has 1 fully saturated rings. The van der Waals surface area contributed by atoms with E-state index < -0.39 is 0 Å². The molecule has 4 rings (SSSR count). The lowest BCUT2D eigenvalue weighted by atomic mass is 10.1. The van der Waals surface area contributed by atoms with Gasteiger partial charge in [0.1, 0.15) is 12.1 Å². The molecule has 1 saturated heterocycles. The third kappa shape index (κ3) is 4.38. The first kappa shape index (κ1) is 22.0. The number of aryl methyl sites for hydroxylation is 1. The Labute approximate surface area is 191 Å². The van der Waals surface area contributed by atoms with Crippen molar-refractivity contribution in [3.8, 4) is 0 Å². The molecule has 0 aliphatic carbocycles. The Morgan fingerprint density at radius 2 is 1.91 bits per heavy atom. The quantitative estimate of drug-likeness (QED) is 0.526. The van der Waals surface area contributed by atoms with Gasteiger partial charge in [0, 0.05) is 43.9 Å². The van der Waals surface area contributed by atoms with Gasteiger partial charge in [-0.3, -0.25) is 9.59 Å². The molecular weight excluding hydrogens is 432 g/mol. The minimum atomic E-state index is -0.244. The summed E-state index contributed by atoms with van der Waals surface area (Å²) in [5.41, 5.74) is 2.25. The van der Waals surface area contributed by atoms with Gasteiger partial charge in [-0.15, -0.1) is 0 Å². The molecule has 3 heterocycles. The van der Waals surface area contributed by atoms with E-state index in [1.807, 2.05) is 24.0 Å². The van der Waals surface area contributed by atoms with Crippen molar-refractivity contribution in [2.24, 2.45) is 0 Å². The lowest BCUT2D eigenvalue weighted by Crippen LogP contribution is -2.49. The molecule has 9 nitrogen and oxygen atoms in total. The number of ether oxygens (including phenoxy) is 1. The first-order chi connectivity index (χ1) is 15.5. The van der Waals surface area contributed by atoms with Crippen LogP contribution in [0.1, 0.15) is 35.0 Å². The van der Waals surface area contributed by atoms with Gasteiger partial charge in [-0.05, 0) is 32.4 Å². The first-order valence-electron chi connectivity index (χ1n) is 10.6. The highest BCUT2D eigenvalue weighted by atomic mass is 35.5. The van der Waals surface area contributed by atoms with E-state index >= 15 is 0 Å². The fourth-order valence-electron chi connectivity index (χ4n) is 3.97. The number of carbonyl (C=O) groups excluding carboxylic acids is 2. The minimum absolute atomic E-state index is 0.0744. The van der Waals surface area contributed by atoms with Crippen molar-refractivity contribution >= 4 is 35.1 Å². The Balaban J connectivity index is 1.56. The number of nitrogens with zero attached hydrogens (tertiary/aromatic N) is 6. The molecule has 0 radical (unpaired) electrons. The van der Waals surface area contributed by atoms with Crippen LogP contribution in [-0.2, 0) is 16.0 Å². The number of benzene rings is 1. The summed E-state index contributed by atoms with van der Waals surface area (Å²) in [5, 5.41) is 4.81. The van der Waals surface area contributed by atoms with Crippen LogP contribution < -0.4 is 4.90 Å². The van der Waals surface area contributed by atoms with Gasteiger partial charge in [-0.1, -0.05) is 23.7 Å². The van der Waals surface area contributed by atoms with Crippen molar-refractivity contribution in [3.63, 3.8) is 0 Å². The Morgan fingerprint density at radius 1 is 1.16 bits per heavy atom. The van der Waals surface area contributed by atoms with Crippen LogP contribution in [0.3, 0.4) is 0 Å². The Bertz CT molecular complexity index is 1140. The number of fused-ring (bicyclic) bond motifs is 1. The number of aromatic nitrogens is 4. The summed E-state index contributed by atoms with van der Waals surface area (Å²) in [6.07, 6.45) is 2.22. The highest BCUT2D eigenvalue weighted by Gasteiger charge is 2.27. The highest BCUT2D eigenvalue weighted by Crippen LogP contribution is 2.27. The van der Waals surface area contributed by atoms with Gasteiger partial charge in [0.2, 0.25) is 0 Å². The van der Waals surface area contributed by atoms with E-state index in [4.69, 9.17) is 16.3 Å². The molecule has 168 valence electrons. The van der Waals surface area contributed by atoms with E-state index in [-0.39, 0.29) is 18.3 Å². The zero-order valence-electron chi connectivity index (χ0n) is 18.1. The maximum atomic E-state index is 12.9. The summed E-state index contributed by atoms with van der Waals surface area (Å²) in [6.45, 7) is 6.36. The summed E-state index contributed by atoms with van der Waals surface area (Å²) in [7, 11) is 0. The summed E-state index contributed by atoms with van der Waals surface area (Å²) in [5.74, 6) is 1.05. The van der Waals surface area contributed by atoms with Crippen LogP contribution in [0.4, 0.5) is 5.82 Å². The number of hydrogen-bond acceptors (Lipinski definition) is 7. The molecule has 2 aromatic heterocycles. The molecule has 10 heteroatoms. The molecule has 32 heavy (non-hydrogen) atoms. The lowest BCUT2D eigenvalue weighted by molar-refractivity contribution is -0.143. The van der Waals surface area contributed by atoms with Crippen LogP contribution in [0.5, 0.6) is 0 Å². The van der Waals surface area contributed by atoms with Crippen LogP contribution in [-0.4, -0.2) is 69.1 Å². The highest BCUT2D eigenvalue weighted by molar-refractivity contribution is 6.33. The van der Waals surface area contributed by atoms with Crippen molar-refractivity contribution in [3.05, 3.63) is 52.4 Å². The van der Waals surface area contributed by atoms with E-state index in [2.05, 4.69) is 20.0 Å². The van der Waals surface area contributed by atoms with Gasteiger partial charge >= 0.3 is 5.97 Å². The molecule has 1 aliphatic rings. The predicted molar refractivity (Wildman–Crippen MR) is 120 cm³/mol. The molecular formula is C22H25ClN6O3. The zero-order valence-corrected chi connectivity index (χ0v) is 18.9. The maximum Gasteiger partial charge on any atom is 0.306 e. The number of amides is 1. The predicted octanol–water partition coefficient (Wildman–Crippen LogP) is 2.54. The van der Waals surface area contributed by atoms with Crippen LogP contribution in [0, 0.1) is 6.92 Å². The van der Waals surface area contributed by atoms with Gasteiger partial charge < -0.3 is 14.5 Å². The molecule has 1 amide bonds. The van der Waals surface area contributed by atoms with E-state index in [9.17, 15) is 9.59 Å². The standard InChI is InChI=1S/C22H25ClN6O3/c1-3-32-19(30)9-8-16-15(2)26-22-24-14-25-29(22)20(16)27-10-12-28(13-11-27)21(31)17-6-4-5-7-18(17)23/h4-7,14H,3,8-13H2,1-2H3. The lowest BCUT2D eigenvalue weighted by Gasteiger charge is -2.37. The van der Waals surface area contributed by atoms with Gasteiger partial charge in [-0.2, -0.15) is 14.6 Å². The second-order valence-corrected chi connectivity index (χ2v) is 7.94. The molecule has 0 N–H and O–H groups in total. The van der Waals surface area contributed by atoms with Crippen LogP contribution >= 0.6 is 11.6 Å². The van der Waals surface area contributed by atoms with Crippen LogP contribution in [0.15, 0.2) is 30.6 Å². The largest absolute Gasteiger partial charge is 0.466 e. The monoisotopic (exact) mass is 456 g/mol. The van der Waals surface area contributed by atoms with Crippen LogP contribution in [0.2, 0.25) is 5.02 Å². The van der Waals surface area contributed by atoms with Gasteiger partial charge in [0.25, 0.3) is 11.7 Å². The number of rotatable bonds is 6. The number of esters is 1. The molecule has 0 unspecified atom stereocenters. The number of carbonyl (C=O) groups is 2. The molecule has 0 saturated carbocycles. The fraction of sp³-hybridized carbons (Fsp3) is 0.409.